The molecule has 0 aromatic carbocycles. The van der Waals surface area contributed by atoms with Gasteiger partial charge in [-0.2, -0.15) is 0 Å². The van der Waals surface area contributed by atoms with Gasteiger partial charge in [-0.3, -0.25) is 0 Å². The van der Waals surface area contributed by atoms with E-state index < -0.39 is 0 Å². The quantitative estimate of drug-likeness (QED) is 0.492. The molecule has 0 spiro atoms. The van der Waals surface area contributed by atoms with Crippen molar-refractivity contribution in [3.8, 4) is 0 Å². The maximum absolute atomic E-state index is 5.56. The Kier molecular flexibility index (Phi) is 2.35. The van der Waals surface area contributed by atoms with E-state index in [4.69, 9.17) is 4.74 Å². The second-order valence-corrected chi connectivity index (χ2v) is 5.60. The summed E-state index contributed by atoms with van der Waals surface area (Å²) in [5, 5.41) is 0. The molecule has 0 N–H and O–H groups in total. The Balaban J connectivity index is 1.70. The molecule has 1 saturated heterocycles. The van der Waals surface area contributed by atoms with Crippen LogP contribution in [0.3, 0.4) is 0 Å². The van der Waals surface area contributed by atoms with E-state index in [0.29, 0.717) is 4.75 Å². The minimum absolute atomic E-state index is 0.454. The molecule has 2 fully saturated rings. The van der Waals surface area contributed by atoms with Gasteiger partial charge in [0.1, 0.15) is 6.61 Å². The molecule has 1 aliphatic carbocycles. The number of hydrogen-bond acceptors (Lipinski definition) is 2. The van der Waals surface area contributed by atoms with Crippen LogP contribution in [0, 0.1) is 0 Å². The van der Waals surface area contributed by atoms with Gasteiger partial charge in [-0.15, -0.1) is 11.8 Å². The molecule has 2 aliphatic rings. The highest BCUT2D eigenvalue weighted by Crippen LogP contribution is 2.44. The lowest BCUT2D eigenvalue weighted by Gasteiger charge is -2.06. The smallest absolute Gasteiger partial charge is 0.102 e. The van der Waals surface area contributed by atoms with Crippen LogP contribution in [0.15, 0.2) is 11.8 Å². The van der Waals surface area contributed by atoms with Crippen molar-refractivity contribution >= 4 is 11.8 Å². The van der Waals surface area contributed by atoms with Gasteiger partial charge in [-0.05, 0) is 38.2 Å². The molecule has 2 rings (SSSR count). The molecule has 0 aromatic rings. The summed E-state index contributed by atoms with van der Waals surface area (Å²) in [6, 6.07) is 0. The highest BCUT2D eigenvalue weighted by atomic mass is 32.2. The minimum atomic E-state index is 0.454. The summed E-state index contributed by atoms with van der Waals surface area (Å²) < 4.78 is 6.02. The van der Waals surface area contributed by atoms with Crippen LogP contribution in [0.2, 0.25) is 0 Å². The zero-order valence-electron chi connectivity index (χ0n) is 7.64. The molecular weight excluding hydrogens is 168 g/mol. The monoisotopic (exact) mass is 184 g/mol. The van der Waals surface area contributed by atoms with Gasteiger partial charge in [0.2, 0.25) is 0 Å². The lowest BCUT2D eigenvalue weighted by molar-refractivity contribution is 0.232. The number of thioether (sulfide) groups is 1. The van der Waals surface area contributed by atoms with E-state index in [1.807, 2.05) is 18.0 Å². The first kappa shape index (κ1) is 8.49. The Morgan fingerprint density at radius 1 is 1.50 bits per heavy atom. The summed E-state index contributed by atoms with van der Waals surface area (Å²) in [7, 11) is 0. The van der Waals surface area contributed by atoms with E-state index in [-0.39, 0.29) is 0 Å². The van der Waals surface area contributed by atoms with Crippen LogP contribution in [0.4, 0.5) is 0 Å². The van der Waals surface area contributed by atoms with Crippen molar-refractivity contribution < 1.29 is 4.74 Å². The average molecular weight is 184 g/mol. The topological polar surface area (TPSA) is 9.23 Å². The van der Waals surface area contributed by atoms with E-state index >= 15 is 0 Å². The van der Waals surface area contributed by atoms with E-state index in [1.165, 1.54) is 37.0 Å². The predicted octanol–water partition coefficient (Wildman–Crippen LogP) is 2.97. The van der Waals surface area contributed by atoms with E-state index in [1.54, 1.807) is 0 Å². The van der Waals surface area contributed by atoms with Crippen LogP contribution in [-0.2, 0) is 4.74 Å². The summed E-state index contributed by atoms with van der Waals surface area (Å²) in [4.78, 5) is 0. The normalized spacial score (nSPS) is 33.6. The molecule has 1 heterocycles. The van der Waals surface area contributed by atoms with Crippen molar-refractivity contribution in [2.24, 2.45) is 0 Å². The average Bonchev–Trinajstić information content (AvgIpc) is 2.61. The van der Waals surface area contributed by atoms with Gasteiger partial charge in [0.25, 0.3) is 0 Å². The third kappa shape index (κ3) is 2.19. The Hall–Kier alpha value is -0.110. The van der Waals surface area contributed by atoms with Gasteiger partial charge in [0.15, 0.2) is 0 Å². The standard InChI is InChI=1S/C10H16OS/c1-10(8-12-10)7-11-6-9-4-2-3-5-9/h6H,2-5,7-8H2,1H3. The second-order valence-electron chi connectivity index (χ2n) is 4.03. The third-order valence-corrected chi connectivity index (χ3v) is 3.91. The molecule has 1 aliphatic heterocycles. The maximum Gasteiger partial charge on any atom is 0.102 e. The maximum atomic E-state index is 5.56. The van der Waals surface area contributed by atoms with Gasteiger partial charge < -0.3 is 4.74 Å². The zero-order chi connectivity index (χ0) is 8.44. The molecule has 68 valence electrons. The van der Waals surface area contributed by atoms with Gasteiger partial charge in [-0.1, -0.05) is 0 Å². The predicted molar refractivity (Wildman–Crippen MR) is 53.4 cm³/mol. The second kappa shape index (κ2) is 3.33. The summed E-state index contributed by atoms with van der Waals surface area (Å²) in [5.41, 5.74) is 1.52. The number of ether oxygens (including phenoxy) is 1. The van der Waals surface area contributed by atoms with E-state index in [2.05, 4.69) is 6.92 Å². The fourth-order valence-corrected chi connectivity index (χ4v) is 1.97. The molecule has 1 saturated carbocycles. The van der Waals surface area contributed by atoms with Crippen LogP contribution < -0.4 is 0 Å². The molecule has 0 aromatic heterocycles. The Labute approximate surface area is 78.6 Å². The third-order valence-electron chi connectivity index (χ3n) is 2.52. The highest BCUT2D eigenvalue weighted by Gasteiger charge is 2.39. The van der Waals surface area contributed by atoms with Gasteiger partial charge in [0.05, 0.1) is 11.0 Å². The largest absolute Gasteiger partial charge is 0.500 e. The van der Waals surface area contributed by atoms with Crippen LogP contribution in [-0.4, -0.2) is 17.1 Å². The fourth-order valence-electron chi connectivity index (χ4n) is 1.49. The first-order valence-electron chi connectivity index (χ1n) is 4.72. The SMILES string of the molecule is CC1(COC=C2CCCC2)CS1. The molecular formula is C10H16OS. The lowest BCUT2D eigenvalue weighted by Crippen LogP contribution is -2.10. The Morgan fingerprint density at radius 2 is 2.17 bits per heavy atom. The van der Waals surface area contributed by atoms with Crippen molar-refractivity contribution in [1.29, 1.82) is 0 Å². The van der Waals surface area contributed by atoms with Crippen molar-refractivity contribution in [2.45, 2.75) is 37.4 Å². The minimum Gasteiger partial charge on any atom is -0.500 e. The fraction of sp³-hybridized carbons (Fsp3) is 0.800. The first-order chi connectivity index (χ1) is 5.79. The van der Waals surface area contributed by atoms with Crippen LogP contribution in [0.5, 0.6) is 0 Å². The van der Waals surface area contributed by atoms with Crippen molar-refractivity contribution in [3.05, 3.63) is 11.8 Å². The first-order valence-corrected chi connectivity index (χ1v) is 5.71. The number of allylic oxidation sites excluding steroid dienone is 1. The van der Waals surface area contributed by atoms with Crippen molar-refractivity contribution in [2.75, 3.05) is 12.4 Å². The van der Waals surface area contributed by atoms with Crippen molar-refractivity contribution in [1.82, 2.24) is 0 Å². The van der Waals surface area contributed by atoms with Gasteiger partial charge in [-0.25, -0.2) is 0 Å². The molecule has 0 amide bonds. The Bertz CT molecular complexity index is 186. The molecule has 1 atom stereocenters. The molecule has 0 bridgehead atoms. The number of hydrogen-bond donors (Lipinski definition) is 0. The summed E-state index contributed by atoms with van der Waals surface area (Å²) in [6.07, 6.45) is 7.27. The van der Waals surface area contributed by atoms with Crippen molar-refractivity contribution in [3.63, 3.8) is 0 Å². The van der Waals surface area contributed by atoms with Gasteiger partial charge >= 0.3 is 0 Å². The summed E-state index contributed by atoms with van der Waals surface area (Å²) in [6.45, 7) is 3.17. The molecule has 0 radical (unpaired) electrons. The molecule has 1 nitrogen and oxygen atoms in total. The van der Waals surface area contributed by atoms with Crippen LogP contribution in [0.25, 0.3) is 0 Å². The highest BCUT2D eigenvalue weighted by molar-refractivity contribution is 8.07. The summed E-state index contributed by atoms with van der Waals surface area (Å²) >= 11 is 2.00. The molecule has 12 heavy (non-hydrogen) atoms. The molecule has 1 unspecified atom stereocenters. The zero-order valence-corrected chi connectivity index (χ0v) is 8.45. The van der Waals surface area contributed by atoms with Crippen LogP contribution in [0.1, 0.15) is 32.6 Å². The Morgan fingerprint density at radius 3 is 2.75 bits per heavy atom. The summed E-state index contributed by atoms with van der Waals surface area (Å²) in [5.74, 6) is 1.27. The van der Waals surface area contributed by atoms with E-state index in [9.17, 15) is 0 Å². The number of rotatable bonds is 3. The van der Waals surface area contributed by atoms with Crippen LogP contribution >= 0.6 is 11.8 Å². The molecule has 2 heteroatoms. The lowest BCUT2D eigenvalue weighted by atomic mass is 10.2. The van der Waals surface area contributed by atoms with E-state index in [0.717, 1.165) is 6.61 Å². The van der Waals surface area contributed by atoms with Gasteiger partial charge in [0, 0.05) is 5.75 Å².